The number of hydrogen-bond donors (Lipinski definition) is 9. The number of anilines is 1. The fourth-order valence-electron chi connectivity index (χ4n) is 12.2. The van der Waals surface area contributed by atoms with Crippen molar-refractivity contribution in [1.29, 1.82) is 0 Å². The van der Waals surface area contributed by atoms with E-state index in [9.17, 15) is 58.2 Å². The number of aryl methyl sites for hydroxylation is 1. The number of rotatable bonds is 9. The van der Waals surface area contributed by atoms with E-state index >= 15 is 14.4 Å². The zero-order valence-electron chi connectivity index (χ0n) is 54.7. The zero-order chi connectivity index (χ0) is 69.4. The molecule has 1 aliphatic carbocycles. The Bertz CT molecular complexity index is 3520. The molecule has 508 valence electrons. The second-order valence-electron chi connectivity index (χ2n) is 26.1. The van der Waals surface area contributed by atoms with E-state index in [-0.39, 0.29) is 40.8 Å². The molecule has 0 unspecified atom stereocenters. The lowest BCUT2D eigenvalue weighted by Crippen LogP contribution is -2.63. The maximum absolute atomic E-state index is 15.2. The predicted molar refractivity (Wildman–Crippen MR) is 333 cm³/mol. The van der Waals surface area contributed by atoms with Gasteiger partial charge in [0.15, 0.2) is 11.3 Å². The lowest BCUT2D eigenvalue weighted by atomic mass is 9.98. The van der Waals surface area contributed by atoms with Crippen LogP contribution in [0, 0.1) is 37.5 Å². The summed E-state index contributed by atoms with van der Waals surface area (Å²) in [6.45, 7) is 18.8. The minimum absolute atomic E-state index is 0.0333. The third-order valence-corrected chi connectivity index (χ3v) is 17.7. The van der Waals surface area contributed by atoms with Crippen molar-refractivity contribution in [2.45, 2.75) is 188 Å². The quantitative estimate of drug-likeness (QED) is 0.0536. The summed E-state index contributed by atoms with van der Waals surface area (Å²) in [5.74, 6) is -15.6. The van der Waals surface area contributed by atoms with Crippen molar-refractivity contribution in [1.82, 2.24) is 56.5 Å². The Hall–Kier alpha value is -8.51. The molecule has 93 heavy (non-hydrogen) atoms. The first-order chi connectivity index (χ1) is 43.4. The maximum atomic E-state index is 15.2. The molecule has 14 atom stereocenters. The van der Waals surface area contributed by atoms with Gasteiger partial charge in [0.05, 0.1) is 48.0 Å². The van der Waals surface area contributed by atoms with Crippen molar-refractivity contribution in [3.63, 3.8) is 0 Å². The van der Waals surface area contributed by atoms with E-state index in [2.05, 4.69) is 31.9 Å². The van der Waals surface area contributed by atoms with Gasteiger partial charge in [0.25, 0.3) is 11.8 Å². The van der Waals surface area contributed by atoms with Gasteiger partial charge in [-0.1, -0.05) is 55.4 Å². The number of amides is 10. The number of alkyl halides is 1. The molecule has 0 aromatic heterocycles. The van der Waals surface area contributed by atoms with Crippen LogP contribution in [0.1, 0.15) is 121 Å². The van der Waals surface area contributed by atoms with Gasteiger partial charge in [-0.2, -0.15) is 0 Å². The van der Waals surface area contributed by atoms with Crippen LogP contribution in [0.3, 0.4) is 0 Å². The number of aromatic nitrogens is 1. The van der Waals surface area contributed by atoms with Gasteiger partial charge in [-0.15, -0.1) is 11.6 Å². The number of esters is 2. The normalized spacial score (nSPS) is 28.8. The number of carbonyl (C=O) groups excluding carboxylic acids is 12. The van der Waals surface area contributed by atoms with Crippen molar-refractivity contribution < 1.29 is 81.6 Å². The van der Waals surface area contributed by atoms with Crippen LogP contribution in [0.5, 0.6) is 0 Å². The smallest absolute Gasteiger partial charge is 0.329 e. The molecule has 0 saturated carbocycles. The van der Waals surface area contributed by atoms with E-state index < -0.39 is 221 Å². The molecule has 10 amide bonds. The van der Waals surface area contributed by atoms with Crippen LogP contribution < -0.4 is 43.1 Å². The molecule has 31 heteroatoms. The summed E-state index contributed by atoms with van der Waals surface area (Å²) in [5.41, 5.74) is 2.95. The number of aliphatic hydroxyl groups is 2. The van der Waals surface area contributed by atoms with Gasteiger partial charge < -0.3 is 81.3 Å². The Labute approximate surface area is 541 Å². The van der Waals surface area contributed by atoms with Crippen LogP contribution >= 0.6 is 11.6 Å². The third kappa shape index (κ3) is 14.8. The number of likely N-dealkylation sites (N-methyl/N-ethyl adjacent to an activating group) is 2. The van der Waals surface area contributed by atoms with Gasteiger partial charge in [-0.05, 0) is 88.8 Å². The number of nitrogen functional groups attached to an aromatic ring is 1. The number of cyclic esters (lactones) is 2. The summed E-state index contributed by atoms with van der Waals surface area (Å²) in [7, 11) is 2.58. The molecule has 1 aromatic carbocycles. The second-order valence-corrected chi connectivity index (χ2v) is 26.4. The van der Waals surface area contributed by atoms with E-state index in [4.69, 9.17) is 36.2 Å². The van der Waals surface area contributed by atoms with Crippen LogP contribution in [0.25, 0.3) is 22.6 Å². The fraction of sp³-hybridized carbons (Fsp3) is 0.613. The molecule has 5 aliphatic heterocycles. The summed E-state index contributed by atoms with van der Waals surface area (Å²) in [4.78, 5) is 196. The summed E-state index contributed by atoms with van der Waals surface area (Å²) < 4.78 is 18.0. The summed E-state index contributed by atoms with van der Waals surface area (Å²) in [5, 5.41) is 37.9. The number of ether oxygens (including phenoxy) is 2. The maximum Gasteiger partial charge on any atom is 0.329 e. The number of halogens is 1. The number of nitrogens with two attached hydrogens (primary N) is 1. The number of aliphatic hydroxyl groups excluding tert-OH is 2. The standard InChI is InChI=1S/C62H85ClN12O18/c1-23(2)41-57(85)74-28(10)18-33(76)49(74)59(87)72(14)21-37(78)65-43(25(5)6)61(89)91-31(13)45(55(83)68-41)70-53(81)32-16-27(9)17-35-46(32)67-48-39(40(64)51(80)30(12)52(48)92-35)54(82)71-47-36(20-63)93-62(90)44(26(7)8)66-38(79)22-73(15)60(88)50-34(77)19-29(11)75(50)58(86)42(24(3)4)69-56(47)84/h16-17,23-26,28-29,31,33-34,36,41-45,47,49-50,76-77H,18-22,64H2,1-15H3,(H,65,78)(H,66,79)(H,68,83)(H,69,84)(H,70,81)(H,71,82)/t28-,29-,31+,33-,34-,36+,41+,42+,43-,44-,45-,47-,49-,50-/m0/s1. The van der Waals surface area contributed by atoms with Gasteiger partial charge in [0.1, 0.15) is 71.8 Å². The third-order valence-electron chi connectivity index (χ3n) is 17.4. The van der Waals surface area contributed by atoms with E-state index in [0.29, 0.717) is 5.56 Å². The lowest BCUT2D eigenvalue weighted by Gasteiger charge is -2.36. The van der Waals surface area contributed by atoms with Gasteiger partial charge in [0, 0.05) is 31.7 Å². The molecule has 0 spiro atoms. The molecular weight excluding hydrogens is 1240 g/mol. The zero-order valence-corrected chi connectivity index (χ0v) is 55.5. The van der Waals surface area contributed by atoms with Gasteiger partial charge in [-0.25, -0.2) is 14.6 Å². The number of hydrogen-bond acceptors (Lipinski definition) is 20. The predicted octanol–water partition coefficient (Wildman–Crippen LogP) is -1.02. The molecule has 30 nitrogen and oxygen atoms in total. The Morgan fingerprint density at radius 1 is 0.645 bits per heavy atom. The molecule has 10 N–H and O–H groups in total. The van der Waals surface area contributed by atoms with Crippen LogP contribution in [-0.2, 0) is 57.4 Å². The van der Waals surface area contributed by atoms with Crippen LogP contribution in [0.15, 0.2) is 21.3 Å². The molecule has 5 heterocycles. The molecule has 0 radical (unpaired) electrons. The number of nitrogens with one attached hydrogen (secondary N) is 6. The first-order valence-corrected chi connectivity index (χ1v) is 31.4. The average Bonchev–Trinajstić information content (AvgIpc) is 1.49. The van der Waals surface area contributed by atoms with E-state index in [1.165, 1.54) is 40.1 Å². The molecule has 1 aromatic rings. The molecule has 4 fully saturated rings. The van der Waals surface area contributed by atoms with Gasteiger partial charge in [0.2, 0.25) is 52.7 Å². The highest BCUT2D eigenvalue weighted by Gasteiger charge is 2.52. The molecule has 4 saturated heterocycles. The Morgan fingerprint density at radius 2 is 1.09 bits per heavy atom. The molecular formula is C62H85ClN12O18. The highest BCUT2D eigenvalue weighted by atomic mass is 35.5. The topological polar surface area (TPSA) is 418 Å². The van der Waals surface area contributed by atoms with Gasteiger partial charge >= 0.3 is 11.9 Å². The minimum Gasteiger partial charge on any atom is -0.458 e. The monoisotopic (exact) mass is 1320 g/mol. The first kappa shape index (κ1) is 71.9. The Morgan fingerprint density at radius 3 is 1.54 bits per heavy atom. The highest BCUT2D eigenvalue weighted by molar-refractivity contribution is 6.19. The van der Waals surface area contributed by atoms with Crippen LogP contribution in [-0.4, -0.2) is 224 Å². The first-order valence-electron chi connectivity index (χ1n) is 30.9. The van der Waals surface area contributed by atoms with E-state index in [0.717, 1.165) is 19.6 Å². The fourth-order valence-corrected chi connectivity index (χ4v) is 12.4. The van der Waals surface area contributed by atoms with Crippen molar-refractivity contribution in [2.75, 3.05) is 38.8 Å². The largest absolute Gasteiger partial charge is 0.458 e. The number of benzene rings is 2. The van der Waals surface area contributed by atoms with Crippen molar-refractivity contribution in [3.05, 3.63) is 44.6 Å². The van der Waals surface area contributed by atoms with Crippen molar-refractivity contribution in [3.8, 4) is 11.5 Å². The molecule has 6 aliphatic rings. The number of fused-ring (bicyclic) bond motifs is 4. The van der Waals surface area contributed by atoms with E-state index in [1.807, 2.05) is 0 Å². The number of nitrogens with zero attached hydrogens (tertiary/aromatic N) is 5. The minimum atomic E-state index is -2.08. The summed E-state index contributed by atoms with van der Waals surface area (Å²) in [6, 6.07) is -11.4. The summed E-state index contributed by atoms with van der Waals surface area (Å²) >= 11 is 6.53. The second kappa shape index (κ2) is 28.8. The number of carbonyl (C=O) groups is 12. The van der Waals surface area contributed by atoms with Crippen molar-refractivity contribution >= 4 is 99.4 Å². The Balaban J connectivity index is 1.34. The molecule has 0 bridgehead atoms. The lowest BCUT2D eigenvalue weighted by molar-refractivity contribution is -0.158. The van der Waals surface area contributed by atoms with Gasteiger partial charge in [-0.3, -0.25) is 52.7 Å². The Kier molecular flexibility index (Phi) is 22.3. The summed E-state index contributed by atoms with van der Waals surface area (Å²) in [6.07, 6.45) is -6.28. The van der Waals surface area contributed by atoms with Crippen LogP contribution in [0.4, 0.5) is 5.69 Å². The molecule has 7 rings (SSSR count). The van der Waals surface area contributed by atoms with E-state index in [1.54, 1.807) is 76.2 Å². The van der Waals surface area contributed by atoms with Crippen molar-refractivity contribution in [2.24, 2.45) is 23.7 Å². The SMILES string of the molecule is Cc1cc(C(=O)N[C@@H]2C(=O)N[C@H](C(C)C)C(=O)N3[C@H](C(=O)N(C)CC(=O)N[C@@H](C(C)C)C(=O)O[C@@H]2C)[C@@H](O)C[C@@H]3C)c2nc3c(C(=O)N[C@@H]4C(=O)N[C@H](C(C)C)C(=O)N5[C@H](C(=O)N(C)CC(=O)N[C@@H](C(C)C)C(=O)O[C@@H]4CCl)[C@@H](O)C[C@@H]5C)c(N)c(=O)c(C)c-3oc2c1. The average molecular weight is 1320 g/mol. The van der Waals surface area contributed by atoms with Crippen LogP contribution in [0.2, 0.25) is 0 Å². The highest BCUT2D eigenvalue weighted by Crippen LogP contribution is 2.35.